The van der Waals surface area contributed by atoms with Gasteiger partial charge in [0.25, 0.3) is 0 Å². The third kappa shape index (κ3) is 3.18. The molecule has 2 heteroatoms. The van der Waals surface area contributed by atoms with E-state index in [1.807, 2.05) is 0 Å². The van der Waals surface area contributed by atoms with Crippen LogP contribution in [0.25, 0.3) is 0 Å². The quantitative estimate of drug-likeness (QED) is 0.723. The second-order valence-electron chi connectivity index (χ2n) is 5.28. The molecule has 0 aromatic carbocycles. The van der Waals surface area contributed by atoms with E-state index in [2.05, 4.69) is 24.1 Å². The summed E-state index contributed by atoms with van der Waals surface area (Å²) in [6, 6.07) is 1.64. The molecule has 0 radical (unpaired) electrons. The van der Waals surface area contributed by atoms with E-state index in [-0.39, 0.29) is 0 Å². The van der Waals surface area contributed by atoms with Crippen molar-refractivity contribution in [3.63, 3.8) is 0 Å². The Bertz CT molecular complexity index is 189. The molecule has 1 aliphatic heterocycles. The summed E-state index contributed by atoms with van der Waals surface area (Å²) in [5, 5.41) is 3.58. The average molecular weight is 210 g/mol. The number of nitrogens with zero attached hydrogens (tertiary/aromatic N) is 1. The maximum Gasteiger partial charge on any atom is 0.0207 e. The van der Waals surface area contributed by atoms with Gasteiger partial charge in [-0.15, -0.1) is 0 Å². The highest BCUT2D eigenvalue weighted by Crippen LogP contribution is 2.36. The molecule has 88 valence electrons. The van der Waals surface area contributed by atoms with Crippen LogP contribution in [-0.2, 0) is 0 Å². The van der Waals surface area contributed by atoms with Crippen LogP contribution in [-0.4, -0.2) is 36.6 Å². The molecule has 1 saturated heterocycles. The Kier molecular flexibility index (Phi) is 4.04. The van der Waals surface area contributed by atoms with E-state index in [0.717, 1.165) is 24.5 Å². The molecule has 1 saturated carbocycles. The van der Waals surface area contributed by atoms with Crippen LogP contribution in [0.5, 0.6) is 0 Å². The molecule has 2 atom stereocenters. The van der Waals surface area contributed by atoms with E-state index >= 15 is 0 Å². The summed E-state index contributed by atoms with van der Waals surface area (Å²) in [6.07, 6.45) is 7.17. The van der Waals surface area contributed by atoms with Crippen LogP contribution in [0.1, 0.15) is 46.0 Å². The number of hydrogen-bond donors (Lipinski definition) is 1. The molecule has 2 unspecified atom stereocenters. The molecule has 2 aliphatic rings. The number of rotatable bonds is 6. The predicted molar refractivity (Wildman–Crippen MR) is 65.1 cm³/mol. The summed E-state index contributed by atoms with van der Waals surface area (Å²) in [5.41, 5.74) is 0. The fourth-order valence-corrected chi connectivity index (χ4v) is 2.89. The lowest BCUT2D eigenvalue weighted by molar-refractivity contribution is 0.212. The van der Waals surface area contributed by atoms with Gasteiger partial charge in [-0.05, 0) is 31.7 Å². The number of likely N-dealkylation sites (tertiary alicyclic amines) is 1. The van der Waals surface area contributed by atoms with Crippen LogP contribution in [0.4, 0.5) is 0 Å². The molecule has 0 aromatic rings. The zero-order valence-corrected chi connectivity index (χ0v) is 10.3. The van der Waals surface area contributed by atoms with Gasteiger partial charge in [-0.2, -0.15) is 0 Å². The zero-order chi connectivity index (χ0) is 10.7. The summed E-state index contributed by atoms with van der Waals surface area (Å²) in [4.78, 5) is 2.73. The van der Waals surface area contributed by atoms with Crippen molar-refractivity contribution in [3.8, 4) is 0 Å². The number of likely N-dealkylation sites (N-methyl/N-ethyl adjacent to an activating group) is 1. The summed E-state index contributed by atoms with van der Waals surface area (Å²) in [7, 11) is 0. The van der Waals surface area contributed by atoms with Crippen molar-refractivity contribution in [1.82, 2.24) is 10.2 Å². The Balaban J connectivity index is 1.76. The van der Waals surface area contributed by atoms with Gasteiger partial charge in [0.15, 0.2) is 0 Å². The summed E-state index contributed by atoms with van der Waals surface area (Å²) in [5.74, 6) is 1.08. The van der Waals surface area contributed by atoms with Crippen molar-refractivity contribution >= 4 is 0 Å². The predicted octanol–water partition coefficient (Wildman–Crippen LogP) is 2.25. The van der Waals surface area contributed by atoms with Crippen LogP contribution >= 0.6 is 0 Å². The molecule has 2 fully saturated rings. The number of hydrogen-bond acceptors (Lipinski definition) is 2. The largest absolute Gasteiger partial charge is 0.313 e. The van der Waals surface area contributed by atoms with Crippen LogP contribution in [0.2, 0.25) is 0 Å². The van der Waals surface area contributed by atoms with Crippen LogP contribution in [0.3, 0.4) is 0 Å². The molecule has 15 heavy (non-hydrogen) atoms. The molecular formula is C13H26N2. The van der Waals surface area contributed by atoms with Crippen molar-refractivity contribution in [3.05, 3.63) is 0 Å². The highest BCUT2D eigenvalue weighted by molar-refractivity contribution is 4.87. The molecule has 0 spiro atoms. The normalized spacial score (nSPS) is 29.6. The van der Waals surface area contributed by atoms with Gasteiger partial charge in [-0.3, -0.25) is 4.90 Å². The number of nitrogens with one attached hydrogen (secondary N) is 1. The first-order valence-electron chi connectivity index (χ1n) is 6.80. The Morgan fingerprint density at radius 2 is 2.07 bits per heavy atom. The van der Waals surface area contributed by atoms with Crippen molar-refractivity contribution in [2.45, 2.75) is 58.0 Å². The lowest BCUT2D eigenvalue weighted by atomic mass is 10.1. The average Bonchev–Trinajstić information content (AvgIpc) is 2.95. The minimum Gasteiger partial charge on any atom is -0.313 e. The van der Waals surface area contributed by atoms with Gasteiger partial charge in [0.1, 0.15) is 0 Å². The molecule has 0 bridgehead atoms. The zero-order valence-electron chi connectivity index (χ0n) is 10.3. The van der Waals surface area contributed by atoms with E-state index in [0.29, 0.717) is 0 Å². The molecule has 1 heterocycles. The van der Waals surface area contributed by atoms with Gasteiger partial charge < -0.3 is 5.32 Å². The van der Waals surface area contributed by atoms with Crippen molar-refractivity contribution < 1.29 is 0 Å². The highest BCUT2D eigenvalue weighted by Gasteiger charge is 2.31. The molecule has 2 nitrogen and oxygen atoms in total. The third-order valence-corrected chi connectivity index (χ3v) is 4.00. The topological polar surface area (TPSA) is 15.3 Å². The molecule has 2 rings (SSSR count). The summed E-state index contributed by atoms with van der Waals surface area (Å²) < 4.78 is 0. The Morgan fingerprint density at radius 3 is 2.67 bits per heavy atom. The first-order chi connectivity index (χ1) is 7.33. The lowest BCUT2D eigenvalue weighted by Gasteiger charge is -2.27. The second kappa shape index (κ2) is 5.31. The molecule has 1 N–H and O–H groups in total. The van der Waals surface area contributed by atoms with Crippen molar-refractivity contribution in [1.29, 1.82) is 0 Å². The Labute approximate surface area is 94.4 Å². The molecule has 0 amide bonds. The molecule has 1 aliphatic carbocycles. The summed E-state index contributed by atoms with van der Waals surface area (Å²) >= 11 is 0. The van der Waals surface area contributed by atoms with E-state index in [9.17, 15) is 0 Å². The highest BCUT2D eigenvalue weighted by atomic mass is 15.2. The fraction of sp³-hybridized carbons (Fsp3) is 1.00. The van der Waals surface area contributed by atoms with Crippen LogP contribution < -0.4 is 5.32 Å². The first kappa shape index (κ1) is 11.4. The Hall–Kier alpha value is -0.0800. The third-order valence-electron chi connectivity index (χ3n) is 4.00. The van der Waals surface area contributed by atoms with Crippen molar-refractivity contribution in [2.75, 3.05) is 19.6 Å². The van der Waals surface area contributed by atoms with Crippen LogP contribution in [0, 0.1) is 5.92 Å². The van der Waals surface area contributed by atoms with E-state index in [1.165, 1.54) is 45.2 Å². The SMILES string of the molecule is CCNC1CCN(C(CC)CC2CC2)C1. The van der Waals surface area contributed by atoms with Gasteiger partial charge in [0.2, 0.25) is 0 Å². The summed E-state index contributed by atoms with van der Waals surface area (Å²) in [6.45, 7) is 8.30. The minimum atomic E-state index is 0.767. The fourth-order valence-electron chi connectivity index (χ4n) is 2.89. The van der Waals surface area contributed by atoms with Gasteiger partial charge in [-0.25, -0.2) is 0 Å². The van der Waals surface area contributed by atoms with E-state index in [4.69, 9.17) is 0 Å². The van der Waals surface area contributed by atoms with E-state index in [1.54, 1.807) is 0 Å². The maximum atomic E-state index is 3.58. The van der Waals surface area contributed by atoms with Gasteiger partial charge in [0.05, 0.1) is 0 Å². The minimum absolute atomic E-state index is 0.767. The van der Waals surface area contributed by atoms with Gasteiger partial charge >= 0.3 is 0 Å². The first-order valence-corrected chi connectivity index (χ1v) is 6.80. The van der Waals surface area contributed by atoms with Crippen LogP contribution in [0.15, 0.2) is 0 Å². The van der Waals surface area contributed by atoms with E-state index < -0.39 is 0 Å². The van der Waals surface area contributed by atoms with Crippen molar-refractivity contribution in [2.24, 2.45) is 5.92 Å². The Morgan fingerprint density at radius 1 is 1.27 bits per heavy atom. The lowest BCUT2D eigenvalue weighted by Crippen LogP contribution is -2.37. The molecule has 0 aromatic heterocycles. The smallest absolute Gasteiger partial charge is 0.0207 e. The second-order valence-corrected chi connectivity index (χ2v) is 5.28. The van der Waals surface area contributed by atoms with Gasteiger partial charge in [0, 0.05) is 25.2 Å². The monoisotopic (exact) mass is 210 g/mol. The molecular weight excluding hydrogens is 184 g/mol. The van der Waals surface area contributed by atoms with Gasteiger partial charge in [-0.1, -0.05) is 26.7 Å². The standard InChI is InChI=1S/C13H26N2/c1-3-13(9-11-5-6-11)15-8-7-12(10-15)14-4-2/h11-14H,3-10H2,1-2H3. The maximum absolute atomic E-state index is 3.58.